The van der Waals surface area contributed by atoms with Gasteiger partial charge in [0.25, 0.3) is 5.91 Å². The van der Waals surface area contributed by atoms with Crippen molar-refractivity contribution >= 4 is 23.2 Å². The molecule has 0 spiro atoms. The van der Waals surface area contributed by atoms with Crippen LogP contribution in [0.5, 0.6) is 0 Å². The van der Waals surface area contributed by atoms with Crippen LogP contribution in [0.2, 0.25) is 0 Å². The Morgan fingerprint density at radius 2 is 1.86 bits per heavy atom. The molecule has 5 rings (SSSR count). The number of piperazine rings is 1. The first kappa shape index (κ1) is 29.1. The van der Waals surface area contributed by atoms with Crippen molar-refractivity contribution in [2.45, 2.75) is 32.6 Å². The maximum Gasteiger partial charge on any atom is 0.416 e. The molecule has 218 valence electrons. The van der Waals surface area contributed by atoms with Crippen molar-refractivity contribution in [1.82, 2.24) is 29.7 Å². The molecule has 1 amide bonds. The van der Waals surface area contributed by atoms with E-state index in [9.17, 15) is 18.0 Å². The summed E-state index contributed by atoms with van der Waals surface area (Å²) in [5.41, 5.74) is 2.52. The van der Waals surface area contributed by atoms with E-state index in [0.29, 0.717) is 36.1 Å². The standard InChI is InChI=1S/C30H31F3N8O/c1-19-4-7-24(13-27(19)39-29-36-9-8-26(38-29)23-14-34-18-35-15-23)37-28(42)21-5-6-22(25(12-21)30(31,32)33)17-41-11-10-40(3)20(2)16-41/h4-9,12-15,18,20H,10-11,16-17H2,1-3H3,(H,37,42)(H,36,38,39)/t20-/m1/s1. The molecule has 1 saturated heterocycles. The number of hydrogen-bond acceptors (Lipinski definition) is 8. The van der Waals surface area contributed by atoms with E-state index in [4.69, 9.17) is 0 Å². The van der Waals surface area contributed by atoms with Crippen molar-refractivity contribution < 1.29 is 18.0 Å². The van der Waals surface area contributed by atoms with Gasteiger partial charge in [0.05, 0.1) is 11.3 Å². The summed E-state index contributed by atoms with van der Waals surface area (Å²) < 4.78 is 42.2. The third kappa shape index (κ3) is 6.89. The lowest BCUT2D eigenvalue weighted by Gasteiger charge is -2.38. The molecule has 0 saturated carbocycles. The number of nitrogens with zero attached hydrogens (tertiary/aromatic N) is 6. The van der Waals surface area contributed by atoms with Crippen LogP contribution in [-0.4, -0.2) is 68.4 Å². The van der Waals surface area contributed by atoms with Gasteiger partial charge in [-0.15, -0.1) is 0 Å². The fourth-order valence-electron chi connectivity index (χ4n) is 4.80. The fraction of sp³-hybridized carbons (Fsp3) is 0.300. The molecule has 0 bridgehead atoms. The van der Waals surface area contributed by atoms with Crippen LogP contribution < -0.4 is 10.6 Å². The average Bonchev–Trinajstić information content (AvgIpc) is 2.97. The highest BCUT2D eigenvalue weighted by Gasteiger charge is 2.35. The van der Waals surface area contributed by atoms with Crippen molar-refractivity contribution in [3.63, 3.8) is 0 Å². The van der Waals surface area contributed by atoms with E-state index in [1.54, 1.807) is 42.9 Å². The van der Waals surface area contributed by atoms with Crippen molar-refractivity contribution in [3.8, 4) is 11.3 Å². The zero-order valence-electron chi connectivity index (χ0n) is 23.5. The number of benzene rings is 2. The summed E-state index contributed by atoms with van der Waals surface area (Å²) in [7, 11) is 2.01. The van der Waals surface area contributed by atoms with Gasteiger partial charge in [0, 0.05) is 73.3 Å². The summed E-state index contributed by atoms with van der Waals surface area (Å²) in [5, 5.41) is 5.87. The molecule has 1 aliphatic heterocycles. The van der Waals surface area contributed by atoms with Gasteiger partial charge in [-0.1, -0.05) is 12.1 Å². The van der Waals surface area contributed by atoms with Gasteiger partial charge in [-0.05, 0) is 62.4 Å². The smallest absolute Gasteiger partial charge is 0.324 e. The van der Waals surface area contributed by atoms with Crippen LogP contribution in [0.25, 0.3) is 11.3 Å². The molecule has 0 aliphatic carbocycles. The van der Waals surface area contributed by atoms with Gasteiger partial charge in [0.2, 0.25) is 5.95 Å². The minimum atomic E-state index is -4.59. The number of hydrogen-bond donors (Lipinski definition) is 2. The fourth-order valence-corrected chi connectivity index (χ4v) is 4.80. The molecular weight excluding hydrogens is 545 g/mol. The maximum atomic E-state index is 14.1. The second-order valence-corrected chi connectivity index (χ2v) is 10.4. The number of alkyl halides is 3. The minimum absolute atomic E-state index is 0.0750. The highest BCUT2D eigenvalue weighted by Crippen LogP contribution is 2.34. The van der Waals surface area contributed by atoms with Crippen LogP contribution in [0.4, 0.5) is 30.5 Å². The summed E-state index contributed by atoms with van der Waals surface area (Å²) in [4.78, 5) is 34.1. The Bertz CT molecular complexity index is 1560. The van der Waals surface area contributed by atoms with Gasteiger partial charge >= 0.3 is 6.18 Å². The normalized spacial score (nSPS) is 16.3. The molecular formula is C30H31F3N8O. The Kier molecular flexibility index (Phi) is 8.46. The quantitative estimate of drug-likeness (QED) is 0.302. The Labute approximate surface area is 241 Å². The highest BCUT2D eigenvalue weighted by molar-refractivity contribution is 6.04. The van der Waals surface area contributed by atoms with E-state index >= 15 is 0 Å². The molecule has 1 aliphatic rings. The van der Waals surface area contributed by atoms with Crippen molar-refractivity contribution in [2.75, 3.05) is 37.3 Å². The Hall–Kier alpha value is -4.42. The molecule has 0 radical (unpaired) electrons. The average molecular weight is 577 g/mol. The molecule has 2 aromatic heterocycles. The first-order valence-corrected chi connectivity index (χ1v) is 13.5. The number of nitrogens with one attached hydrogen (secondary N) is 2. The van der Waals surface area contributed by atoms with E-state index in [1.165, 1.54) is 18.5 Å². The largest absolute Gasteiger partial charge is 0.416 e. The summed E-state index contributed by atoms with van der Waals surface area (Å²) in [6, 6.07) is 10.9. The van der Waals surface area contributed by atoms with E-state index < -0.39 is 17.6 Å². The Morgan fingerprint density at radius 1 is 1.07 bits per heavy atom. The monoisotopic (exact) mass is 576 g/mol. The number of carbonyl (C=O) groups excluding carboxylic acids is 1. The molecule has 42 heavy (non-hydrogen) atoms. The van der Waals surface area contributed by atoms with Gasteiger partial charge in [0.15, 0.2) is 0 Å². The number of anilines is 3. The highest BCUT2D eigenvalue weighted by atomic mass is 19.4. The predicted octanol–water partition coefficient (Wildman–Crippen LogP) is 5.39. The first-order chi connectivity index (χ1) is 20.1. The maximum absolute atomic E-state index is 14.1. The lowest BCUT2D eigenvalue weighted by atomic mass is 10.0. The summed E-state index contributed by atoms with van der Waals surface area (Å²) in [6.45, 7) is 6.24. The molecule has 1 atom stereocenters. The molecule has 0 unspecified atom stereocenters. The number of aromatic nitrogens is 4. The van der Waals surface area contributed by atoms with Crippen LogP contribution in [-0.2, 0) is 12.7 Å². The van der Waals surface area contributed by atoms with Crippen LogP contribution in [0, 0.1) is 6.92 Å². The number of likely N-dealkylation sites (N-methyl/N-ethyl adjacent to an activating group) is 1. The zero-order chi connectivity index (χ0) is 29.9. The summed E-state index contributed by atoms with van der Waals surface area (Å²) in [6.07, 6.45) is 1.73. The zero-order valence-corrected chi connectivity index (χ0v) is 23.5. The van der Waals surface area contributed by atoms with Crippen LogP contribution in [0.3, 0.4) is 0 Å². The Balaban J connectivity index is 1.32. The summed E-state index contributed by atoms with van der Waals surface area (Å²) in [5.74, 6) is -0.319. The van der Waals surface area contributed by atoms with Gasteiger partial charge in [0.1, 0.15) is 6.33 Å². The molecule has 2 aromatic carbocycles. The summed E-state index contributed by atoms with van der Waals surface area (Å²) >= 11 is 0. The molecule has 4 aromatic rings. The van der Waals surface area contributed by atoms with Gasteiger partial charge in [-0.2, -0.15) is 13.2 Å². The van der Waals surface area contributed by atoms with E-state index in [-0.39, 0.29) is 23.7 Å². The first-order valence-electron chi connectivity index (χ1n) is 13.5. The molecule has 9 nitrogen and oxygen atoms in total. The van der Waals surface area contributed by atoms with Crippen molar-refractivity contribution in [2.24, 2.45) is 0 Å². The lowest BCUT2D eigenvalue weighted by Crippen LogP contribution is -2.49. The molecule has 1 fully saturated rings. The number of amides is 1. The molecule has 12 heteroatoms. The third-order valence-corrected chi connectivity index (χ3v) is 7.37. The Morgan fingerprint density at radius 3 is 2.60 bits per heavy atom. The number of halogens is 3. The SMILES string of the molecule is Cc1ccc(NC(=O)c2ccc(CN3CCN(C)[C@H](C)C3)c(C(F)(F)F)c2)cc1Nc1nccc(-c2cncnc2)n1. The van der Waals surface area contributed by atoms with Crippen LogP contribution in [0.1, 0.15) is 34.0 Å². The molecule has 3 heterocycles. The number of aryl methyl sites for hydroxylation is 1. The topological polar surface area (TPSA) is 99.2 Å². The van der Waals surface area contributed by atoms with Crippen LogP contribution >= 0.6 is 0 Å². The van der Waals surface area contributed by atoms with E-state index in [1.807, 2.05) is 18.9 Å². The minimum Gasteiger partial charge on any atom is -0.324 e. The second kappa shape index (κ2) is 12.2. The van der Waals surface area contributed by atoms with Gasteiger partial charge < -0.3 is 15.5 Å². The van der Waals surface area contributed by atoms with E-state index in [2.05, 4.69) is 42.4 Å². The predicted molar refractivity (Wildman–Crippen MR) is 154 cm³/mol. The third-order valence-electron chi connectivity index (χ3n) is 7.37. The lowest BCUT2D eigenvalue weighted by molar-refractivity contribution is -0.138. The van der Waals surface area contributed by atoms with Crippen molar-refractivity contribution in [1.29, 1.82) is 0 Å². The van der Waals surface area contributed by atoms with Gasteiger partial charge in [-0.25, -0.2) is 19.9 Å². The van der Waals surface area contributed by atoms with Gasteiger partial charge in [-0.3, -0.25) is 9.69 Å². The second-order valence-electron chi connectivity index (χ2n) is 10.4. The molecule has 2 N–H and O–H groups in total. The number of carbonyl (C=O) groups is 1. The van der Waals surface area contributed by atoms with Crippen LogP contribution in [0.15, 0.2) is 67.4 Å². The van der Waals surface area contributed by atoms with Crippen molar-refractivity contribution in [3.05, 3.63) is 89.6 Å². The van der Waals surface area contributed by atoms with E-state index in [0.717, 1.165) is 23.7 Å². The number of rotatable bonds is 7.